The van der Waals surface area contributed by atoms with Gasteiger partial charge in [-0.05, 0) is 0 Å². The molecule has 5 heteroatoms. The molecular formula is C4Br4Y-2. The summed E-state index contributed by atoms with van der Waals surface area (Å²) < 4.78 is 1.57. The normalized spacial score (nSPS) is 12.9. The van der Waals surface area contributed by atoms with Gasteiger partial charge in [-0.25, -0.2) is 63.7 Å². The topological polar surface area (TPSA) is 0 Å². The second kappa shape index (κ2) is 8.60. The van der Waals surface area contributed by atoms with E-state index >= 15 is 0 Å². The predicted molar refractivity (Wildman–Crippen MR) is 49.2 cm³/mol. The molecule has 0 unspecified atom stereocenters. The molecule has 0 aromatic carbocycles. The van der Waals surface area contributed by atoms with Crippen molar-refractivity contribution < 1.29 is 32.7 Å². The van der Waals surface area contributed by atoms with E-state index < -0.39 is 0 Å². The maximum Gasteiger partial charge on any atom is 0 e. The molecule has 9 heavy (non-hydrogen) atoms. The van der Waals surface area contributed by atoms with Crippen LogP contribution in [0.15, 0.2) is 8.96 Å². The Labute approximate surface area is 113 Å². The summed E-state index contributed by atoms with van der Waals surface area (Å²) in [5, 5.41) is 0. The summed E-state index contributed by atoms with van der Waals surface area (Å²) in [6.45, 7) is 0. The van der Waals surface area contributed by atoms with E-state index in [1.54, 1.807) is 0 Å². The third kappa shape index (κ3) is 6.88. The average molecular weight is 457 g/mol. The number of rotatable bonds is 1. The Morgan fingerprint density at radius 2 is 1.11 bits per heavy atom. The second-order valence-electron chi connectivity index (χ2n) is 0.817. The van der Waals surface area contributed by atoms with Crippen molar-refractivity contribution in [2.45, 2.75) is 0 Å². The van der Waals surface area contributed by atoms with E-state index in [9.17, 15) is 0 Å². The molecule has 0 amide bonds. The second-order valence-corrected chi connectivity index (χ2v) is 3.20. The first kappa shape index (κ1) is 14.1. The van der Waals surface area contributed by atoms with Gasteiger partial charge in [0.1, 0.15) is 0 Å². The fourth-order valence-corrected chi connectivity index (χ4v) is 1.21. The van der Waals surface area contributed by atoms with Gasteiger partial charge in [-0.3, -0.25) is 18.9 Å². The Hall–Kier alpha value is 2.50. The fourth-order valence-electron chi connectivity index (χ4n) is 0.0830. The molecule has 0 N–H and O–H groups in total. The fraction of sp³-hybridized carbons (Fsp3) is 0. The Morgan fingerprint density at radius 1 is 0.889 bits per heavy atom. The molecule has 0 spiro atoms. The van der Waals surface area contributed by atoms with Gasteiger partial charge >= 0.3 is 0 Å². The quantitative estimate of drug-likeness (QED) is 0.415. The largest absolute Gasteiger partial charge is 0.286 e. The summed E-state index contributed by atoms with van der Waals surface area (Å²) in [6, 6.07) is 0. The predicted octanol–water partition coefficient (Wildman–Crippen LogP) is 3.85. The minimum absolute atomic E-state index is 0. The molecule has 0 aliphatic carbocycles. The van der Waals surface area contributed by atoms with Gasteiger partial charge in [-0.2, -0.15) is 0 Å². The molecule has 0 aromatic rings. The summed E-state index contributed by atoms with van der Waals surface area (Å²) in [5.74, 6) is 0. The molecule has 0 bridgehead atoms. The van der Waals surface area contributed by atoms with Crippen molar-refractivity contribution in [1.82, 2.24) is 0 Å². The molecule has 0 saturated heterocycles. The van der Waals surface area contributed by atoms with E-state index in [-0.39, 0.29) is 32.7 Å². The molecule has 0 aliphatic heterocycles. The zero-order chi connectivity index (χ0) is 6.57. The summed E-state index contributed by atoms with van der Waals surface area (Å²) in [6.07, 6.45) is 0. The maximum atomic E-state index is 3.18. The van der Waals surface area contributed by atoms with Crippen molar-refractivity contribution in [3.8, 4) is 0 Å². The van der Waals surface area contributed by atoms with Crippen molar-refractivity contribution in [2.75, 3.05) is 0 Å². The van der Waals surface area contributed by atoms with Gasteiger partial charge in [0, 0.05) is 32.7 Å². The molecule has 0 aliphatic rings. The van der Waals surface area contributed by atoms with Gasteiger partial charge in [0.15, 0.2) is 0 Å². The molecule has 0 fully saturated rings. The minimum Gasteiger partial charge on any atom is -0.286 e. The van der Waals surface area contributed by atoms with E-state index in [2.05, 4.69) is 73.7 Å². The van der Waals surface area contributed by atoms with Gasteiger partial charge in [-0.15, -0.1) is 0 Å². The third-order valence-electron chi connectivity index (χ3n) is 0.359. The van der Waals surface area contributed by atoms with Gasteiger partial charge in [0.05, 0.1) is 0 Å². The first-order valence-corrected chi connectivity index (χ1v) is 4.68. The zero-order valence-electron chi connectivity index (χ0n) is 4.09. The van der Waals surface area contributed by atoms with E-state index in [4.69, 9.17) is 0 Å². The van der Waals surface area contributed by atoms with Crippen molar-refractivity contribution in [3.63, 3.8) is 0 Å². The van der Waals surface area contributed by atoms with Crippen LogP contribution in [0.5, 0.6) is 0 Å². The molecule has 0 atom stereocenters. The molecule has 0 nitrogen and oxygen atoms in total. The van der Waals surface area contributed by atoms with Crippen molar-refractivity contribution in [3.05, 3.63) is 18.9 Å². The van der Waals surface area contributed by atoms with Crippen LogP contribution in [0.1, 0.15) is 0 Å². The van der Waals surface area contributed by atoms with Crippen molar-refractivity contribution in [2.24, 2.45) is 0 Å². The number of hydrogen-bond acceptors (Lipinski definition) is 0. The first-order chi connectivity index (χ1) is 3.72. The van der Waals surface area contributed by atoms with Crippen LogP contribution in [0.3, 0.4) is 0 Å². The first-order valence-electron chi connectivity index (χ1n) is 1.51. The maximum absolute atomic E-state index is 3.18. The molecule has 0 aromatic heterocycles. The van der Waals surface area contributed by atoms with Gasteiger partial charge in [-0.1, -0.05) is 0 Å². The van der Waals surface area contributed by atoms with Gasteiger partial charge in [0.2, 0.25) is 0 Å². The van der Waals surface area contributed by atoms with Crippen LogP contribution >= 0.6 is 63.7 Å². The van der Waals surface area contributed by atoms with Gasteiger partial charge in [0.25, 0.3) is 0 Å². The monoisotopic (exact) mass is 453 g/mol. The van der Waals surface area contributed by atoms with Crippen LogP contribution in [0.4, 0.5) is 0 Å². The molecular weight excluding hydrogens is 457 g/mol. The number of allylic oxidation sites excluding steroid dienone is 2. The van der Waals surface area contributed by atoms with Crippen molar-refractivity contribution >= 4 is 63.7 Å². The molecule has 1 radical (unpaired) electrons. The molecule has 49 valence electrons. The Kier molecular flexibility index (Phi) is 13.4. The van der Waals surface area contributed by atoms with E-state index in [1.807, 2.05) is 0 Å². The van der Waals surface area contributed by atoms with E-state index in [0.29, 0.717) is 0 Å². The van der Waals surface area contributed by atoms with Crippen LogP contribution in [-0.2, 0) is 32.7 Å². The number of hydrogen-bond donors (Lipinski definition) is 0. The van der Waals surface area contributed by atoms with Crippen LogP contribution in [-0.4, -0.2) is 0 Å². The zero-order valence-corrected chi connectivity index (χ0v) is 13.3. The molecule has 0 rings (SSSR count). The third-order valence-corrected chi connectivity index (χ3v) is 3.94. The Balaban J connectivity index is 0. The van der Waals surface area contributed by atoms with Crippen LogP contribution < -0.4 is 0 Å². The van der Waals surface area contributed by atoms with E-state index in [0.717, 1.165) is 8.96 Å². The standard InChI is InChI=1S/C4Br4.Y/c5-1-3(7)4(8)2-6;/q-2;. The summed E-state index contributed by atoms with van der Waals surface area (Å²) >= 11 is 12.4. The minimum atomic E-state index is 0. The number of halogens is 4. The SMILES string of the molecule is Br[C-]=C(Br)C(Br)=[C-]Br.[Y]. The van der Waals surface area contributed by atoms with Crippen LogP contribution in [0.2, 0.25) is 0 Å². The summed E-state index contributed by atoms with van der Waals surface area (Å²) in [4.78, 5) is 5.37. The Bertz CT molecular complexity index is 113. The Morgan fingerprint density at radius 3 is 1.22 bits per heavy atom. The van der Waals surface area contributed by atoms with Gasteiger partial charge < -0.3 is 0 Å². The average Bonchev–Trinajstić information content (AvgIpc) is 1.84. The molecule has 0 heterocycles. The van der Waals surface area contributed by atoms with Crippen molar-refractivity contribution in [1.29, 1.82) is 0 Å². The van der Waals surface area contributed by atoms with Crippen LogP contribution in [0.25, 0.3) is 0 Å². The smallest absolute Gasteiger partial charge is 0 e. The van der Waals surface area contributed by atoms with Crippen LogP contribution in [0, 0.1) is 9.97 Å². The molecule has 0 saturated carbocycles. The van der Waals surface area contributed by atoms with E-state index in [1.165, 1.54) is 0 Å². The summed E-state index contributed by atoms with van der Waals surface area (Å²) in [5.41, 5.74) is 0. The summed E-state index contributed by atoms with van der Waals surface area (Å²) in [7, 11) is 0.